The van der Waals surface area contributed by atoms with Crippen molar-refractivity contribution in [2.24, 2.45) is 0 Å². The lowest BCUT2D eigenvalue weighted by molar-refractivity contribution is -0.296. The van der Waals surface area contributed by atoms with E-state index in [1.165, 1.54) is 6.92 Å². The standard InChI is InChI=1S/C9H5F5O/c1-4-2-3-5-7(6(4)10)15-9(13,14)8(5,11)12/h2-3H,1H3. The molecule has 1 aliphatic heterocycles. The molecule has 1 heterocycles. The van der Waals surface area contributed by atoms with Crippen molar-refractivity contribution in [1.82, 2.24) is 0 Å². The van der Waals surface area contributed by atoms with Gasteiger partial charge in [0.15, 0.2) is 11.6 Å². The third-order valence-electron chi connectivity index (χ3n) is 2.22. The first kappa shape index (κ1) is 10.2. The molecule has 0 amide bonds. The van der Waals surface area contributed by atoms with E-state index in [4.69, 9.17) is 0 Å². The Morgan fingerprint density at radius 2 is 1.73 bits per heavy atom. The van der Waals surface area contributed by atoms with Crippen molar-refractivity contribution in [3.63, 3.8) is 0 Å². The highest BCUT2D eigenvalue weighted by Crippen LogP contribution is 2.54. The molecule has 0 radical (unpaired) electrons. The zero-order chi connectivity index (χ0) is 11.4. The van der Waals surface area contributed by atoms with E-state index in [-0.39, 0.29) is 5.56 Å². The second-order valence-corrected chi connectivity index (χ2v) is 3.27. The molecule has 0 spiro atoms. The van der Waals surface area contributed by atoms with Crippen molar-refractivity contribution in [2.75, 3.05) is 0 Å². The summed E-state index contributed by atoms with van der Waals surface area (Å²) in [5.41, 5.74) is -1.14. The third-order valence-corrected chi connectivity index (χ3v) is 2.22. The quantitative estimate of drug-likeness (QED) is 0.615. The van der Waals surface area contributed by atoms with E-state index < -0.39 is 29.2 Å². The topological polar surface area (TPSA) is 9.23 Å². The summed E-state index contributed by atoms with van der Waals surface area (Å²) >= 11 is 0. The summed E-state index contributed by atoms with van der Waals surface area (Å²) in [4.78, 5) is 0. The predicted octanol–water partition coefficient (Wildman–Crippen LogP) is 3.21. The molecule has 82 valence electrons. The number of aryl methyl sites for hydroxylation is 1. The molecule has 1 nitrogen and oxygen atoms in total. The Hall–Kier alpha value is -1.33. The Kier molecular flexibility index (Phi) is 1.78. The third kappa shape index (κ3) is 1.13. The molecule has 0 aromatic heterocycles. The van der Waals surface area contributed by atoms with Crippen LogP contribution in [0, 0.1) is 12.7 Å². The first-order valence-corrected chi connectivity index (χ1v) is 4.01. The van der Waals surface area contributed by atoms with Crippen molar-refractivity contribution in [3.05, 3.63) is 29.1 Å². The fraction of sp³-hybridized carbons (Fsp3) is 0.333. The molecule has 6 heteroatoms. The van der Waals surface area contributed by atoms with Crippen LogP contribution in [0.25, 0.3) is 0 Å². The lowest BCUT2D eigenvalue weighted by Gasteiger charge is -2.15. The molecule has 0 unspecified atom stereocenters. The van der Waals surface area contributed by atoms with Gasteiger partial charge < -0.3 is 4.74 Å². The number of alkyl halides is 4. The fourth-order valence-electron chi connectivity index (χ4n) is 1.35. The second kappa shape index (κ2) is 2.62. The van der Waals surface area contributed by atoms with Crippen LogP contribution in [0.3, 0.4) is 0 Å². The average molecular weight is 224 g/mol. The minimum atomic E-state index is -4.69. The molecule has 1 aromatic rings. The van der Waals surface area contributed by atoms with Crippen LogP contribution in [-0.4, -0.2) is 6.11 Å². The molecular formula is C9H5F5O. The number of hydrogen-bond acceptors (Lipinski definition) is 1. The molecule has 0 fully saturated rings. The lowest BCUT2D eigenvalue weighted by atomic mass is 10.1. The lowest BCUT2D eigenvalue weighted by Crippen LogP contribution is -2.36. The summed E-state index contributed by atoms with van der Waals surface area (Å²) < 4.78 is 68.2. The van der Waals surface area contributed by atoms with Gasteiger partial charge in [-0.2, -0.15) is 17.6 Å². The maximum atomic E-state index is 13.2. The van der Waals surface area contributed by atoms with Crippen LogP contribution in [0.5, 0.6) is 5.75 Å². The number of hydrogen-bond donors (Lipinski definition) is 0. The number of benzene rings is 1. The van der Waals surface area contributed by atoms with Crippen LogP contribution in [0.4, 0.5) is 22.0 Å². The van der Waals surface area contributed by atoms with Crippen molar-refractivity contribution in [2.45, 2.75) is 19.0 Å². The minimum Gasteiger partial charge on any atom is -0.424 e. The number of rotatable bonds is 0. The maximum absolute atomic E-state index is 13.2. The SMILES string of the molecule is Cc1ccc2c(c1F)OC(F)(F)C2(F)F. The minimum absolute atomic E-state index is 0.0257. The van der Waals surface area contributed by atoms with E-state index in [9.17, 15) is 22.0 Å². The molecule has 0 aliphatic carbocycles. The molecule has 0 N–H and O–H groups in total. The first-order chi connectivity index (χ1) is 6.77. The summed E-state index contributed by atoms with van der Waals surface area (Å²) in [5.74, 6) is -6.73. The van der Waals surface area contributed by atoms with E-state index in [1.807, 2.05) is 0 Å². The molecule has 0 atom stereocenters. The Bertz CT molecular complexity index is 427. The van der Waals surface area contributed by atoms with Crippen molar-refractivity contribution in [1.29, 1.82) is 0 Å². The van der Waals surface area contributed by atoms with Gasteiger partial charge in [-0.05, 0) is 18.6 Å². The van der Waals surface area contributed by atoms with E-state index in [0.29, 0.717) is 0 Å². The molecule has 0 saturated heterocycles. The molecular weight excluding hydrogens is 219 g/mol. The fourth-order valence-corrected chi connectivity index (χ4v) is 1.35. The largest absolute Gasteiger partial charge is 0.469 e. The zero-order valence-electron chi connectivity index (χ0n) is 7.45. The smallest absolute Gasteiger partial charge is 0.424 e. The van der Waals surface area contributed by atoms with Gasteiger partial charge in [0.25, 0.3) is 0 Å². The van der Waals surface area contributed by atoms with E-state index >= 15 is 0 Å². The Balaban J connectivity index is 2.69. The Labute approximate surface area is 81.5 Å². The van der Waals surface area contributed by atoms with E-state index in [0.717, 1.165) is 12.1 Å². The van der Waals surface area contributed by atoms with Gasteiger partial charge in [-0.25, -0.2) is 4.39 Å². The summed E-state index contributed by atoms with van der Waals surface area (Å²) in [5, 5.41) is 0. The van der Waals surface area contributed by atoms with Gasteiger partial charge in [-0.1, -0.05) is 6.07 Å². The highest BCUT2D eigenvalue weighted by atomic mass is 19.3. The van der Waals surface area contributed by atoms with Crippen molar-refractivity contribution in [3.8, 4) is 5.75 Å². The van der Waals surface area contributed by atoms with Gasteiger partial charge in [0, 0.05) is 0 Å². The second-order valence-electron chi connectivity index (χ2n) is 3.27. The molecule has 0 bridgehead atoms. The van der Waals surface area contributed by atoms with E-state index in [1.54, 1.807) is 0 Å². The average Bonchev–Trinajstić information content (AvgIpc) is 2.29. The van der Waals surface area contributed by atoms with Crippen LogP contribution in [0.1, 0.15) is 11.1 Å². The molecule has 15 heavy (non-hydrogen) atoms. The zero-order valence-corrected chi connectivity index (χ0v) is 7.45. The van der Waals surface area contributed by atoms with Gasteiger partial charge in [0.2, 0.25) is 0 Å². The summed E-state index contributed by atoms with van der Waals surface area (Å²) in [6.07, 6.45) is -4.69. The van der Waals surface area contributed by atoms with Gasteiger partial charge in [0.1, 0.15) is 0 Å². The highest BCUT2D eigenvalue weighted by molar-refractivity contribution is 5.45. The summed E-state index contributed by atoms with van der Waals surface area (Å²) in [6, 6.07) is 1.75. The predicted molar refractivity (Wildman–Crippen MR) is 40.6 cm³/mol. The molecule has 2 rings (SSSR count). The van der Waals surface area contributed by atoms with Crippen LogP contribution in [0.2, 0.25) is 0 Å². The number of halogens is 5. The summed E-state index contributed by atoms with van der Waals surface area (Å²) in [7, 11) is 0. The normalized spacial score (nSPS) is 20.9. The van der Waals surface area contributed by atoms with E-state index in [2.05, 4.69) is 4.74 Å². The van der Waals surface area contributed by atoms with Gasteiger partial charge in [-0.15, -0.1) is 0 Å². The van der Waals surface area contributed by atoms with Gasteiger partial charge >= 0.3 is 12.0 Å². The highest BCUT2D eigenvalue weighted by Gasteiger charge is 2.67. The summed E-state index contributed by atoms with van der Waals surface area (Å²) in [6.45, 7) is 1.27. The first-order valence-electron chi connectivity index (χ1n) is 4.01. The van der Waals surface area contributed by atoms with Gasteiger partial charge in [0.05, 0.1) is 5.56 Å². The van der Waals surface area contributed by atoms with Crippen molar-refractivity contribution >= 4 is 0 Å². The number of fused-ring (bicyclic) bond motifs is 1. The monoisotopic (exact) mass is 224 g/mol. The molecule has 1 aromatic carbocycles. The van der Waals surface area contributed by atoms with Crippen LogP contribution < -0.4 is 4.74 Å². The van der Waals surface area contributed by atoms with Crippen LogP contribution >= 0.6 is 0 Å². The van der Waals surface area contributed by atoms with Crippen LogP contribution in [0.15, 0.2) is 12.1 Å². The molecule has 1 aliphatic rings. The van der Waals surface area contributed by atoms with Crippen molar-refractivity contribution < 1.29 is 26.7 Å². The van der Waals surface area contributed by atoms with Crippen LogP contribution in [-0.2, 0) is 5.92 Å². The Morgan fingerprint density at radius 3 is 2.33 bits per heavy atom. The Morgan fingerprint density at radius 1 is 1.13 bits per heavy atom. The maximum Gasteiger partial charge on any atom is 0.469 e. The van der Waals surface area contributed by atoms with Gasteiger partial charge in [-0.3, -0.25) is 0 Å². The molecule has 0 saturated carbocycles. The number of ether oxygens (including phenoxy) is 1.